The van der Waals surface area contributed by atoms with E-state index in [0.29, 0.717) is 26.2 Å². The normalized spacial score (nSPS) is 27.4. The van der Waals surface area contributed by atoms with Crippen molar-refractivity contribution in [3.63, 3.8) is 0 Å². The molecule has 4 aromatic carbocycles. The minimum Gasteiger partial charge on any atom is -0.387 e. The molecule has 4 aromatic rings. The van der Waals surface area contributed by atoms with Gasteiger partial charge in [0, 0.05) is 38.0 Å². The van der Waals surface area contributed by atoms with Crippen molar-refractivity contribution in [2.75, 3.05) is 40.3 Å². The Kier molecular flexibility index (Phi) is 7.18. The Morgan fingerprint density at radius 2 is 1.02 bits per heavy atom. The third-order valence-electron chi connectivity index (χ3n) is 9.35. The van der Waals surface area contributed by atoms with Crippen LogP contribution in [0.4, 0.5) is 0 Å². The van der Waals surface area contributed by atoms with E-state index in [1.165, 1.54) is 0 Å². The summed E-state index contributed by atoms with van der Waals surface area (Å²) in [5.74, 6) is -0.817. The van der Waals surface area contributed by atoms with E-state index in [1.807, 2.05) is 72.8 Å². The standard InChI is InChI=1S/C36H38N2O2/c1-37-24-32(28-17-9-4-10-18-28)36(40,33(25-37)29-19-11-5-12-20-29)35(30-21-13-6-14-22-30)26-38(2)23-31(34(35)39)27-15-7-3-8-16-27/h3-22,31-33,40H,23-26H2,1-2H3/t31-,32-,33-,35+/m1/s1. The highest BCUT2D eigenvalue weighted by molar-refractivity contribution is 5.98. The lowest BCUT2D eigenvalue weighted by Gasteiger charge is -2.61. The van der Waals surface area contributed by atoms with E-state index in [1.54, 1.807) is 0 Å². The number of carbonyl (C=O) groups is 1. The Labute approximate surface area is 237 Å². The van der Waals surface area contributed by atoms with Crippen LogP contribution in [0.2, 0.25) is 0 Å². The van der Waals surface area contributed by atoms with E-state index in [-0.39, 0.29) is 23.5 Å². The van der Waals surface area contributed by atoms with Crippen LogP contribution in [0, 0.1) is 0 Å². The number of likely N-dealkylation sites (N-methyl/N-ethyl adjacent to an activating group) is 2. The molecule has 0 spiro atoms. The average Bonchev–Trinajstić information content (AvgIpc) is 3.01. The number of Topliss-reactive ketones (excluding diaryl/α,β-unsaturated/α-hetero) is 1. The second-order valence-electron chi connectivity index (χ2n) is 11.8. The van der Waals surface area contributed by atoms with Gasteiger partial charge in [-0.25, -0.2) is 0 Å². The number of hydrogen-bond donors (Lipinski definition) is 1. The zero-order valence-corrected chi connectivity index (χ0v) is 23.4. The van der Waals surface area contributed by atoms with E-state index in [9.17, 15) is 5.11 Å². The van der Waals surface area contributed by atoms with Crippen molar-refractivity contribution in [1.29, 1.82) is 0 Å². The van der Waals surface area contributed by atoms with Crippen molar-refractivity contribution >= 4 is 5.78 Å². The molecule has 0 saturated carbocycles. The van der Waals surface area contributed by atoms with Crippen LogP contribution in [-0.4, -0.2) is 66.6 Å². The molecule has 2 aliphatic heterocycles. The van der Waals surface area contributed by atoms with Crippen LogP contribution < -0.4 is 0 Å². The maximum Gasteiger partial charge on any atom is 0.156 e. The Morgan fingerprint density at radius 1 is 0.600 bits per heavy atom. The van der Waals surface area contributed by atoms with Gasteiger partial charge in [0.05, 0.1) is 16.9 Å². The van der Waals surface area contributed by atoms with Gasteiger partial charge >= 0.3 is 0 Å². The average molecular weight is 531 g/mol. The molecule has 0 amide bonds. The SMILES string of the molecule is CN1C[C@H](c2ccccc2)C(O)([C@]2(c3ccccc3)CN(C)C[C@H](c3ccccc3)C2=O)[C@@H](c2ccccc2)C1. The van der Waals surface area contributed by atoms with Crippen LogP contribution in [0.5, 0.6) is 0 Å². The molecule has 1 N–H and O–H groups in total. The fourth-order valence-electron chi connectivity index (χ4n) is 7.60. The molecular weight excluding hydrogens is 492 g/mol. The van der Waals surface area contributed by atoms with Gasteiger partial charge in [-0.15, -0.1) is 0 Å². The summed E-state index contributed by atoms with van der Waals surface area (Å²) in [6, 6.07) is 40.9. The molecule has 204 valence electrons. The number of likely N-dealkylation sites (tertiary alicyclic amines) is 2. The molecular formula is C36H38N2O2. The lowest BCUT2D eigenvalue weighted by molar-refractivity contribution is -0.161. The fourth-order valence-corrected chi connectivity index (χ4v) is 7.60. The minimum atomic E-state index is -1.40. The lowest BCUT2D eigenvalue weighted by atomic mass is 9.49. The molecule has 0 bridgehead atoms. The maximum atomic E-state index is 15.3. The van der Waals surface area contributed by atoms with Crippen molar-refractivity contribution in [2.24, 2.45) is 0 Å². The van der Waals surface area contributed by atoms with Crippen molar-refractivity contribution < 1.29 is 9.90 Å². The van der Waals surface area contributed by atoms with Crippen LogP contribution in [0.15, 0.2) is 121 Å². The van der Waals surface area contributed by atoms with Crippen LogP contribution in [0.1, 0.15) is 40.0 Å². The number of ketones is 1. The zero-order valence-electron chi connectivity index (χ0n) is 23.4. The molecule has 4 atom stereocenters. The van der Waals surface area contributed by atoms with E-state index in [4.69, 9.17) is 0 Å². The highest BCUT2D eigenvalue weighted by Crippen LogP contribution is 2.57. The van der Waals surface area contributed by atoms with Gasteiger partial charge < -0.3 is 14.9 Å². The highest BCUT2D eigenvalue weighted by Gasteiger charge is 2.67. The number of benzene rings is 4. The summed E-state index contributed by atoms with van der Waals surface area (Å²) < 4.78 is 0. The second-order valence-corrected chi connectivity index (χ2v) is 11.8. The van der Waals surface area contributed by atoms with E-state index in [2.05, 4.69) is 72.4 Å². The topological polar surface area (TPSA) is 43.8 Å². The van der Waals surface area contributed by atoms with E-state index in [0.717, 1.165) is 22.3 Å². The summed E-state index contributed by atoms with van der Waals surface area (Å²) in [4.78, 5) is 19.9. The number of piperidine rings is 2. The summed E-state index contributed by atoms with van der Waals surface area (Å²) >= 11 is 0. The monoisotopic (exact) mass is 530 g/mol. The molecule has 40 heavy (non-hydrogen) atoms. The first kappa shape index (κ1) is 26.6. The molecule has 0 unspecified atom stereocenters. The third-order valence-corrected chi connectivity index (χ3v) is 9.35. The van der Waals surface area contributed by atoms with Gasteiger partial charge in [-0.1, -0.05) is 121 Å². The smallest absolute Gasteiger partial charge is 0.156 e. The molecule has 4 heteroatoms. The molecule has 2 aliphatic rings. The van der Waals surface area contributed by atoms with Crippen LogP contribution >= 0.6 is 0 Å². The lowest BCUT2D eigenvalue weighted by Crippen LogP contribution is -2.73. The summed E-state index contributed by atoms with van der Waals surface area (Å²) in [6.07, 6.45) is 0. The number of hydrogen-bond acceptors (Lipinski definition) is 4. The van der Waals surface area contributed by atoms with E-state index >= 15 is 4.79 Å². The molecule has 6 rings (SSSR count). The Hall–Kier alpha value is -3.57. The van der Waals surface area contributed by atoms with Gasteiger partial charge in [0.25, 0.3) is 0 Å². The van der Waals surface area contributed by atoms with Crippen molar-refractivity contribution in [2.45, 2.75) is 28.8 Å². The molecule has 0 radical (unpaired) electrons. The Bertz CT molecular complexity index is 1380. The molecule has 0 aliphatic carbocycles. The molecule has 2 heterocycles. The first-order valence-electron chi connectivity index (χ1n) is 14.3. The summed E-state index contributed by atoms with van der Waals surface area (Å²) in [5, 5.41) is 13.8. The number of aliphatic hydroxyl groups is 1. The molecule has 4 nitrogen and oxygen atoms in total. The number of nitrogens with zero attached hydrogens (tertiary/aromatic N) is 2. The summed E-state index contributed by atoms with van der Waals surface area (Å²) in [7, 11) is 4.22. The first-order chi connectivity index (χ1) is 19.4. The van der Waals surface area contributed by atoms with Crippen LogP contribution in [0.3, 0.4) is 0 Å². The largest absolute Gasteiger partial charge is 0.387 e. The quantitative estimate of drug-likeness (QED) is 0.372. The molecule has 0 aromatic heterocycles. The van der Waals surface area contributed by atoms with Gasteiger partial charge in [-0.3, -0.25) is 4.79 Å². The fraction of sp³-hybridized carbons (Fsp3) is 0.306. The Balaban J connectivity index is 1.66. The summed E-state index contributed by atoms with van der Waals surface area (Å²) in [5.41, 5.74) is 1.45. The first-order valence-corrected chi connectivity index (χ1v) is 14.3. The summed E-state index contributed by atoms with van der Waals surface area (Å²) in [6.45, 7) is 2.39. The van der Waals surface area contributed by atoms with Gasteiger partial charge in [0.1, 0.15) is 0 Å². The second kappa shape index (κ2) is 10.8. The van der Waals surface area contributed by atoms with Gasteiger partial charge in [0.15, 0.2) is 5.78 Å². The minimum absolute atomic E-state index is 0.108. The van der Waals surface area contributed by atoms with Gasteiger partial charge in [0.2, 0.25) is 0 Å². The van der Waals surface area contributed by atoms with Gasteiger partial charge in [-0.2, -0.15) is 0 Å². The maximum absolute atomic E-state index is 15.3. The van der Waals surface area contributed by atoms with Crippen LogP contribution in [0.25, 0.3) is 0 Å². The van der Waals surface area contributed by atoms with Crippen molar-refractivity contribution in [1.82, 2.24) is 9.80 Å². The number of rotatable bonds is 5. The van der Waals surface area contributed by atoms with Crippen molar-refractivity contribution in [3.05, 3.63) is 144 Å². The van der Waals surface area contributed by atoms with Gasteiger partial charge in [-0.05, 0) is 36.3 Å². The third kappa shape index (κ3) is 4.32. The molecule has 2 fully saturated rings. The zero-order chi connectivity index (χ0) is 27.7. The van der Waals surface area contributed by atoms with Crippen molar-refractivity contribution in [3.8, 4) is 0 Å². The predicted molar refractivity (Wildman–Crippen MR) is 161 cm³/mol. The predicted octanol–water partition coefficient (Wildman–Crippen LogP) is 5.47. The Morgan fingerprint density at radius 3 is 1.50 bits per heavy atom. The highest BCUT2D eigenvalue weighted by atomic mass is 16.3. The number of carbonyl (C=O) groups excluding carboxylic acids is 1. The van der Waals surface area contributed by atoms with E-state index < -0.39 is 11.0 Å². The molecule has 2 saturated heterocycles. The van der Waals surface area contributed by atoms with Crippen LogP contribution in [-0.2, 0) is 10.2 Å².